The predicted molar refractivity (Wildman–Crippen MR) is 205 cm³/mol. The second kappa shape index (κ2) is 19.9. The molecule has 13 nitrogen and oxygen atoms in total. The van der Waals surface area contributed by atoms with Gasteiger partial charge in [0.1, 0.15) is 23.0 Å². The molecule has 0 saturated heterocycles. The third-order valence-electron chi connectivity index (χ3n) is 8.06. The minimum Gasteiger partial charge on any atom is -0.494 e. The molecule has 0 N–H and O–H groups in total. The van der Waals surface area contributed by atoms with E-state index in [2.05, 4.69) is 18.1 Å². The van der Waals surface area contributed by atoms with Crippen LogP contribution in [0.4, 0.5) is 0 Å². The molecule has 1 aromatic heterocycles. The van der Waals surface area contributed by atoms with Crippen molar-refractivity contribution >= 4 is 34.8 Å². The van der Waals surface area contributed by atoms with Crippen LogP contribution in [-0.4, -0.2) is 55.3 Å². The molecule has 5 rings (SSSR count). The number of aromatic nitrogens is 1. The standard InChI is InChI=1S/C43H39NO12/c1-4-38(45)52-24-8-6-22-50-32-16-12-30(13-17-32)41(47)54-34-20-10-29(11-21-34)40-44-36-26-28(3)37(27-35(36)43(49)56-40)55-42(48)31-14-18-33(19-15-31)51-23-7-9-25-53-39(46)5-2/h4-5,10-21,26-27H,1-2,6-9,22-25H2,3H3. The summed E-state index contributed by atoms with van der Waals surface area (Å²) in [6.45, 7) is 9.80. The Morgan fingerprint density at radius 1 is 0.643 bits per heavy atom. The van der Waals surface area contributed by atoms with E-state index in [1.54, 1.807) is 85.8 Å². The van der Waals surface area contributed by atoms with Gasteiger partial charge in [-0.3, -0.25) is 0 Å². The smallest absolute Gasteiger partial charge is 0.347 e. The fourth-order valence-electron chi connectivity index (χ4n) is 5.05. The van der Waals surface area contributed by atoms with Gasteiger partial charge in [-0.2, -0.15) is 0 Å². The second-order valence-corrected chi connectivity index (χ2v) is 12.1. The highest BCUT2D eigenvalue weighted by Gasteiger charge is 2.16. The number of aryl methyl sites for hydroxylation is 1. The molecule has 0 atom stereocenters. The van der Waals surface area contributed by atoms with Crippen molar-refractivity contribution in [2.24, 2.45) is 0 Å². The summed E-state index contributed by atoms with van der Waals surface area (Å²) in [4.78, 5) is 65.4. The Morgan fingerprint density at radius 3 is 1.64 bits per heavy atom. The van der Waals surface area contributed by atoms with Crippen LogP contribution >= 0.6 is 0 Å². The van der Waals surface area contributed by atoms with E-state index in [4.69, 9.17) is 32.8 Å². The average molecular weight is 762 g/mol. The van der Waals surface area contributed by atoms with Gasteiger partial charge < -0.3 is 32.8 Å². The van der Waals surface area contributed by atoms with Crippen molar-refractivity contribution in [3.05, 3.63) is 137 Å². The van der Waals surface area contributed by atoms with Gasteiger partial charge in [-0.05, 0) is 123 Å². The number of hydrogen-bond acceptors (Lipinski definition) is 13. The van der Waals surface area contributed by atoms with Gasteiger partial charge >= 0.3 is 29.5 Å². The van der Waals surface area contributed by atoms with Gasteiger partial charge in [-0.15, -0.1) is 0 Å². The minimum absolute atomic E-state index is 0.0522. The van der Waals surface area contributed by atoms with Crippen molar-refractivity contribution in [3.63, 3.8) is 0 Å². The minimum atomic E-state index is -0.681. The normalized spacial score (nSPS) is 10.6. The third-order valence-corrected chi connectivity index (χ3v) is 8.06. The summed E-state index contributed by atoms with van der Waals surface area (Å²) < 4.78 is 37.9. The van der Waals surface area contributed by atoms with E-state index < -0.39 is 29.5 Å². The Bertz CT molecular complexity index is 2240. The molecule has 0 radical (unpaired) electrons. The van der Waals surface area contributed by atoms with Crippen LogP contribution in [0.15, 0.2) is 119 Å². The van der Waals surface area contributed by atoms with E-state index in [1.807, 2.05) is 0 Å². The summed E-state index contributed by atoms with van der Waals surface area (Å²) in [6.07, 6.45) is 4.85. The number of nitrogens with zero attached hydrogens (tertiary/aromatic N) is 1. The number of carbonyl (C=O) groups excluding carboxylic acids is 4. The van der Waals surface area contributed by atoms with Crippen LogP contribution in [0, 0.1) is 6.92 Å². The Kier molecular flexibility index (Phi) is 14.3. The number of hydrogen-bond donors (Lipinski definition) is 0. The molecule has 4 aromatic carbocycles. The van der Waals surface area contributed by atoms with E-state index in [9.17, 15) is 24.0 Å². The lowest BCUT2D eigenvalue weighted by molar-refractivity contribution is -0.138. The van der Waals surface area contributed by atoms with Gasteiger partial charge in [0, 0.05) is 17.7 Å². The van der Waals surface area contributed by atoms with Gasteiger partial charge in [-0.1, -0.05) is 13.2 Å². The fourth-order valence-corrected chi connectivity index (χ4v) is 5.05. The van der Waals surface area contributed by atoms with Crippen LogP contribution in [0.25, 0.3) is 22.4 Å². The quantitative estimate of drug-likeness (QED) is 0.0354. The van der Waals surface area contributed by atoms with Crippen molar-refractivity contribution in [1.29, 1.82) is 0 Å². The van der Waals surface area contributed by atoms with Crippen LogP contribution in [0.5, 0.6) is 23.0 Å². The predicted octanol–water partition coefficient (Wildman–Crippen LogP) is 7.38. The first-order chi connectivity index (χ1) is 27.1. The molecule has 0 spiro atoms. The molecule has 0 bridgehead atoms. The first-order valence-electron chi connectivity index (χ1n) is 17.7. The maximum absolute atomic E-state index is 13.1. The lowest BCUT2D eigenvalue weighted by Crippen LogP contribution is -2.11. The lowest BCUT2D eigenvalue weighted by atomic mass is 10.1. The molecule has 0 amide bonds. The molecule has 56 heavy (non-hydrogen) atoms. The molecule has 1 heterocycles. The van der Waals surface area contributed by atoms with E-state index in [1.165, 1.54) is 6.07 Å². The molecule has 0 aliphatic rings. The Balaban J connectivity index is 1.13. The van der Waals surface area contributed by atoms with E-state index in [0.29, 0.717) is 72.6 Å². The Morgan fingerprint density at radius 2 is 1.12 bits per heavy atom. The number of rotatable bonds is 19. The molecule has 0 aliphatic heterocycles. The summed E-state index contributed by atoms with van der Waals surface area (Å²) in [5.41, 5.74) is 1.29. The highest BCUT2D eigenvalue weighted by Crippen LogP contribution is 2.27. The van der Waals surface area contributed by atoms with Gasteiger partial charge in [0.05, 0.1) is 48.5 Å². The van der Waals surface area contributed by atoms with Crippen LogP contribution < -0.4 is 24.6 Å². The molecule has 0 saturated carbocycles. The van der Waals surface area contributed by atoms with Gasteiger partial charge in [-0.25, -0.2) is 29.0 Å². The molecule has 0 unspecified atom stereocenters. The molecule has 13 heteroatoms. The fraction of sp³-hybridized carbons (Fsp3) is 0.209. The monoisotopic (exact) mass is 761 g/mol. The molecule has 288 valence electrons. The third kappa shape index (κ3) is 11.5. The summed E-state index contributed by atoms with van der Waals surface area (Å²) in [7, 11) is 0. The van der Waals surface area contributed by atoms with Crippen molar-refractivity contribution < 1.29 is 52.0 Å². The topological polar surface area (TPSA) is 167 Å². The van der Waals surface area contributed by atoms with E-state index in [-0.39, 0.29) is 41.6 Å². The molecule has 0 aliphatic carbocycles. The zero-order valence-corrected chi connectivity index (χ0v) is 30.7. The first-order valence-corrected chi connectivity index (χ1v) is 17.7. The van der Waals surface area contributed by atoms with E-state index in [0.717, 1.165) is 12.2 Å². The number of fused-ring (bicyclic) bond motifs is 1. The number of unbranched alkanes of at least 4 members (excludes halogenated alkanes) is 2. The largest absolute Gasteiger partial charge is 0.494 e. The van der Waals surface area contributed by atoms with Crippen LogP contribution in [-0.2, 0) is 19.1 Å². The van der Waals surface area contributed by atoms with Crippen LogP contribution in [0.1, 0.15) is 52.0 Å². The maximum Gasteiger partial charge on any atom is 0.347 e. The zero-order chi connectivity index (χ0) is 39.9. The molecular weight excluding hydrogens is 722 g/mol. The summed E-state index contributed by atoms with van der Waals surface area (Å²) in [6, 6.07) is 22.3. The lowest BCUT2D eigenvalue weighted by Gasteiger charge is -2.10. The highest BCUT2D eigenvalue weighted by molar-refractivity contribution is 5.93. The highest BCUT2D eigenvalue weighted by atomic mass is 16.5. The van der Waals surface area contributed by atoms with Crippen molar-refractivity contribution in [1.82, 2.24) is 4.98 Å². The Hall–Kier alpha value is -7.02. The van der Waals surface area contributed by atoms with Crippen LogP contribution in [0.3, 0.4) is 0 Å². The van der Waals surface area contributed by atoms with Crippen molar-refractivity contribution in [3.8, 4) is 34.5 Å². The first kappa shape index (κ1) is 40.2. The summed E-state index contributed by atoms with van der Waals surface area (Å²) in [5.74, 6) is -0.489. The Labute approximate surface area is 322 Å². The molecular formula is C43H39NO12. The summed E-state index contributed by atoms with van der Waals surface area (Å²) >= 11 is 0. The van der Waals surface area contributed by atoms with Gasteiger partial charge in [0.15, 0.2) is 0 Å². The maximum atomic E-state index is 13.1. The van der Waals surface area contributed by atoms with Gasteiger partial charge in [0.25, 0.3) is 0 Å². The van der Waals surface area contributed by atoms with Gasteiger partial charge in [0.2, 0.25) is 5.89 Å². The average Bonchev–Trinajstić information content (AvgIpc) is 3.21. The zero-order valence-electron chi connectivity index (χ0n) is 30.7. The second-order valence-electron chi connectivity index (χ2n) is 12.1. The molecule has 0 fully saturated rings. The summed E-state index contributed by atoms with van der Waals surface area (Å²) in [5, 5.41) is 0.124. The van der Waals surface area contributed by atoms with Crippen molar-refractivity contribution in [2.75, 3.05) is 26.4 Å². The SMILES string of the molecule is C=CC(=O)OCCCCOc1ccc(C(=O)Oc2ccc(-c3nc4cc(C)c(OC(=O)c5ccc(OCCCCOC(=O)C=C)cc5)cc4c(=O)o3)cc2)cc1. The number of esters is 4. The number of ether oxygens (including phenoxy) is 6. The number of benzene rings is 4. The van der Waals surface area contributed by atoms with Crippen molar-refractivity contribution in [2.45, 2.75) is 32.6 Å². The number of carbonyl (C=O) groups is 4. The van der Waals surface area contributed by atoms with E-state index >= 15 is 0 Å². The van der Waals surface area contributed by atoms with Crippen LogP contribution in [0.2, 0.25) is 0 Å². The molecule has 5 aromatic rings.